The van der Waals surface area contributed by atoms with Crippen molar-refractivity contribution in [3.8, 4) is 0 Å². The first-order chi connectivity index (χ1) is 7.54. The van der Waals surface area contributed by atoms with Crippen molar-refractivity contribution in [3.05, 3.63) is 46.0 Å². The highest BCUT2D eigenvalue weighted by Crippen LogP contribution is 2.18. The number of aromatic carboxylic acids is 1. The van der Waals surface area contributed by atoms with Gasteiger partial charge in [-0.05, 0) is 12.1 Å². The minimum Gasteiger partial charge on any atom is -0.477 e. The number of aromatic nitrogens is 1. The normalized spacial score (nSPS) is 10.6. The predicted octanol–water partition coefficient (Wildman–Crippen LogP) is 1.57. The molecule has 4 nitrogen and oxygen atoms in total. The molecule has 0 radical (unpaired) electrons. The van der Waals surface area contributed by atoms with E-state index >= 15 is 0 Å². The molecule has 2 aromatic rings. The highest BCUT2D eigenvalue weighted by atomic mass is 19.2. The summed E-state index contributed by atoms with van der Waals surface area (Å²) in [7, 11) is 0. The fourth-order valence-electron chi connectivity index (χ4n) is 1.45. The maximum atomic E-state index is 13.6. The van der Waals surface area contributed by atoms with Crippen molar-refractivity contribution in [3.63, 3.8) is 0 Å². The molecule has 0 unspecified atom stereocenters. The Kier molecular flexibility index (Phi) is 2.19. The van der Waals surface area contributed by atoms with Gasteiger partial charge in [-0.3, -0.25) is 4.79 Å². The van der Waals surface area contributed by atoms with Gasteiger partial charge in [-0.15, -0.1) is 4.79 Å². The summed E-state index contributed by atoms with van der Waals surface area (Å²) in [5.41, 5.74) is -3.00. The lowest BCUT2D eigenvalue weighted by atomic mass is 10.1. The smallest absolute Gasteiger partial charge is 0.344 e. The van der Waals surface area contributed by atoms with E-state index in [-0.39, 0.29) is 15.7 Å². The predicted molar refractivity (Wildman–Crippen MR) is 51.6 cm³/mol. The molecule has 16 heavy (non-hydrogen) atoms. The second-order valence-electron chi connectivity index (χ2n) is 3.10. The van der Waals surface area contributed by atoms with Crippen LogP contribution in [0, 0.1) is 5.82 Å². The van der Waals surface area contributed by atoms with Crippen LogP contribution in [0.5, 0.6) is 0 Å². The molecule has 0 spiro atoms. The maximum absolute atomic E-state index is 13.6. The Bertz CT molecular complexity index is 648. The summed E-state index contributed by atoms with van der Waals surface area (Å²) in [6.07, 6.45) is 0. The van der Waals surface area contributed by atoms with Gasteiger partial charge in [0.25, 0.3) is 5.56 Å². The van der Waals surface area contributed by atoms with Gasteiger partial charge in [0.2, 0.25) is 0 Å². The zero-order valence-electron chi connectivity index (χ0n) is 7.78. The Morgan fingerprint density at radius 3 is 2.56 bits per heavy atom. The molecule has 0 aliphatic carbocycles. The number of hydrogen-bond donors (Lipinski definition) is 1. The Morgan fingerprint density at radius 2 is 1.94 bits per heavy atom. The Balaban J connectivity index is 3.07. The van der Waals surface area contributed by atoms with Gasteiger partial charge >= 0.3 is 5.97 Å². The van der Waals surface area contributed by atoms with E-state index in [1.165, 1.54) is 24.3 Å². The summed E-state index contributed by atoms with van der Waals surface area (Å²) in [6, 6.07) is 5.22. The van der Waals surface area contributed by atoms with E-state index in [0.29, 0.717) is 0 Å². The van der Waals surface area contributed by atoms with Gasteiger partial charge in [0.05, 0.1) is 5.52 Å². The van der Waals surface area contributed by atoms with Crippen LogP contribution in [-0.2, 0) is 0 Å². The van der Waals surface area contributed by atoms with Crippen molar-refractivity contribution >= 4 is 16.9 Å². The van der Waals surface area contributed by atoms with E-state index in [1.54, 1.807) is 0 Å². The molecule has 1 aromatic heterocycles. The van der Waals surface area contributed by atoms with Gasteiger partial charge in [-0.25, -0.2) is 9.18 Å². The molecule has 0 saturated heterocycles. The summed E-state index contributed by atoms with van der Waals surface area (Å²) in [6.45, 7) is 0. The standard InChI is InChI=1S/C10H5F2NO3/c11-8-5-3-1-2-4-6(5)13(12)9(14)7(8)10(15)16/h1-4H,(H,15,16). The number of nitrogens with zero attached hydrogens (tertiary/aromatic N) is 1. The Hall–Kier alpha value is -2.24. The molecule has 0 amide bonds. The number of fused-ring (bicyclic) bond motifs is 1. The van der Waals surface area contributed by atoms with Crippen molar-refractivity contribution in [1.29, 1.82) is 0 Å². The van der Waals surface area contributed by atoms with Crippen molar-refractivity contribution in [1.82, 2.24) is 4.79 Å². The number of carboxylic acid groups (broad SMARTS) is 1. The van der Waals surface area contributed by atoms with Crippen LogP contribution in [0.4, 0.5) is 8.87 Å². The van der Waals surface area contributed by atoms with Crippen LogP contribution in [0.1, 0.15) is 10.4 Å². The molecular formula is C10H5F2NO3. The maximum Gasteiger partial charge on any atom is 0.344 e. The van der Waals surface area contributed by atoms with Crippen LogP contribution in [0.2, 0.25) is 0 Å². The zero-order chi connectivity index (χ0) is 11.9. The zero-order valence-corrected chi connectivity index (χ0v) is 7.78. The van der Waals surface area contributed by atoms with Crippen molar-refractivity contribution in [2.75, 3.05) is 0 Å². The fourth-order valence-corrected chi connectivity index (χ4v) is 1.45. The molecule has 82 valence electrons. The third-order valence-corrected chi connectivity index (χ3v) is 2.18. The van der Waals surface area contributed by atoms with Crippen LogP contribution >= 0.6 is 0 Å². The topological polar surface area (TPSA) is 59.3 Å². The largest absolute Gasteiger partial charge is 0.477 e. The van der Waals surface area contributed by atoms with E-state index < -0.39 is 22.9 Å². The minimum absolute atomic E-state index is 0.248. The molecule has 1 N–H and O–H groups in total. The molecule has 0 saturated carbocycles. The number of carboxylic acids is 1. The van der Waals surface area contributed by atoms with E-state index in [0.717, 1.165) is 0 Å². The second kappa shape index (κ2) is 3.41. The molecule has 0 bridgehead atoms. The number of pyridine rings is 1. The van der Waals surface area contributed by atoms with Gasteiger partial charge in [0, 0.05) is 5.39 Å². The molecule has 6 heteroatoms. The number of para-hydroxylation sites is 1. The molecule has 1 aromatic carbocycles. The quantitative estimate of drug-likeness (QED) is 0.801. The number of hydrogen-bond acceptors (Lipinski definition) is 2. The average Bonchev–Trinajstić information content (AvgIpc) is 2.26. The summed E-state index contributed by atoms with van der Waals surface area (Å²) < 4.78 is 27.0. The monoisotopic (exact) mass is 225 g/mol. The first-order valence-electron chi connectivity index (χ1n) is 4.26. The lowest BCUT2D eigenvalue weighted by Crippen LogP contribution is -2.24. The molecule has 1 heterocycles. The van der Waals surface area contributed by atoms with Crippen LogP contribution < -0.4 is 5.56 Å². The average molecular weight is 225 g/mol. The van der Waals surface area contributed by atoms with E-state index in [9.17, 15) is 18.5 Å². The molecule has 2 rings (SSSR count). The van der Waals surface area contributed by atoms with E-state index in [4.69, 9.17) is 5.11 Å². The van der Waals surface area contributed by atoms with E-state index in [1.807, 2.05) is 0 Å². The van der Waals surface area contributed by atoms with Gasteiger partial charge in [0.15, 0.2) is 11.4 Å². The lowest BCUT2D eigenvalue weighted by Gasteiger charge is -2.04. The van der Waals surface area contributed by atoms with Crippen molar-refractivity contribution < 1.29 is 18.8 Å². The summed E-state index contributed by atoms with van der Waals surface area (Å²) in [5, 5.41) is 8.36. The van der Waals surface area contributed by atoms with Gasteiger partial charge in [-0.1, -0.05) is 16.6 Å². The first-order valence-corrected chi connectivity index (χ1v) is 4.26. The number of carbonyl (C=O) groups is 1. The van der Waals surface area contributed by atoms with Gasteiger partial charge < -0.3 is 5.11 Å². The highest BCUT2D eigenvalue weighted by molar-refractivity contribution is 5.93. The van der Waals surface area contributed by atoms with Gasteiger partial charge in [0.1, 0.15) is 0 Å². The SMILES string of the molecule is O=C(O)c1c(F)c2ccccc2n(F)c1=O. The number of benzene rings is 1. The molecule has 0 atom stereocenters. The van der Waals surface area contributed by atoms with Crippen molar-refractivity contribution in [2.45, 2.75) is 0 Å². The highest BCUT2D eigenvalue weighted by Gasteiger charge is 2.21. The number of halogens is 2. The molecule has 0 fully saturated rings. The lowest BCUT2D eigenvalue weighted by molar-refractivity contribution is 0.0688. The van der Waals surface area contributed by atoms with Crippen LogP contribution in [-0.4, -0.2) is 15.9 Å². The van der Waals surface area contributed by atoms with Crippen LogP contribution in [0.15, 0.2) is 29.1 Å². The number of rotatable bonds is 1. The van der Waals surface area contributed by atoms with Crippen LogP contribution in [0.25, 0.3) is 10.9 Å². The van der Waals surface area contributed by atoms with Crippen molar-refractivity contribution in [2.24, 2.45) is 0 Å². The third kappa shape index (κ3) is 1.27. The minimum atomic E-state index is -1.79. The fraction of sp³-hybridized carbons (Fsp3) is 0. The summed E-state index contributed by atoms with van der Waals surface area (Å²) in [5.74, 6) is -3.01. The summed E-state index contributed by atoms with van der Waals surface area (Å²) >= 11 is 0. The molecule has 0 aliphatic rings. The molecular weight excluding hydrogens is 220 g/mol. The Labute approximate surface area is 87.3 Å². The van der Waals surface area contributed by atoms with Gasteiger partial charge in [-0.2, -0.15) is 0 Å². The first kappa shape index (κ1) is 10.3. The van der Waals surface area contributed by atoms with E-state index in [2.05, 4.69) is 0 Å². The second-order valence-corrected chi connectivity index (χ2v) is 3.10. The van der Waals surface area contributed by atoms with Crippen LogP contribution in [0.3, 0.4) is 0 Å². The Morgan fingerprint density at radius 1 is 1.31 bits per heavy atom. The summed E-state index contributed by atoms with van der Waals surface area (Å²) in [4.78, 5) is 21.5. The molecule has 0 aliphatic heterocycles. The third-order valence-electron chi connectivity index (χ3n) is 2.18.